The summed E-state index contributed by atoms with van der Waals surface area (Å²) in [5, 5.41) is 9.24. The third-order valence-corrected chi connectivity index (χ3v) is 3.46. The molecule has 1 heterocycles. The highest BCUT2D eigenvalue weighted by Crippen LogP contribution is 2.36. The SMILES string of the molecule is CC[C@@H](OC)C(=O)N1C[C@H](C(=O)O)c2ccccc21. The zero-order valence-electron chi connectivity index (χ0n) is 11.0. The molecule has 5 heteroatoms. The van der Waals surface area contributed by atoms with Gasteiger partial charge in [0.1, 0.15) is 12.0 Å². The number of rotatable bonds is 4. The standard InChI is InChI=1S/C14H17NO4/c1-3-12(19-2)13(16)15-8-10(14(17)18)9-6-4-5-7-11(9)15/h4-7,10,12H,3,8H2,1-2H3,(H,17,18)/t10-,12+/m0/s1. The van der Waals surface area contributed by atoms with E-state index in [4.69, 9.17) is 4.74 Å². The van der Waals surface area contributed by atoms with Gasteiger partial charge in [0.2, 0.25) is 0 Å². The van der Waals surface area contributed by atoms with Gasteiger partial charge in [-0.3, -0.25) is 9.59 Å². The zero-order valence-corrected chi connectivity index (χ0v) is 11.0. The molecule has 0 bridgehead atoms. The number of carbonyl (C=O) groups is 2. The van der Waals surface area contributed by atoms with E-state index >= 15 is 0 Å². The number of aliphatic carboxylic acids is 1. The van der Waals surface area contributed by atoms with Crippen molar-refractivity contribution in [1.29, 1.82) is 0 Å². The van der Waals surface area contributed by atoms with Crippen LogP contribution in [0, 0.1) is 0 Å². The molecule has 1 aromatic carbocycles. The molecule has 0 saturated carbocycles. The van der Waals surface area contributed by atoms with Gasteiger partial charge < -0.3 is 14.7 Å². The summed E-state index contributed by atoms with van der Waals surface area (Å²) in [6, 6.07) is 7.13. The lowest BCUT2D eigenvalue weighted by molar-refractivity contribution is -0.138. The molecule has 2 atom stereocenters. The highest BCUT2D eigenvalue weighted by molar-refractivity contribution is 6.01. The van der Waals surface area contributed by atoms with Crippen molar-refractivity contribution < 1.29 is 19.4 Å². The molecule has 0 unspecified atom stereocenters. The number of benzene rings is 1. The molecule has 0 saturated heterocycles. The average molecular weight is 263 g/mol. The highest BCUT2D eigenvalue weighted by Gasteiger charge is 2.38. The van der Waals surface area contributed by atoms with E-state index in [1.165, 1.54) is 12.0 Å². The van der Waals surface area contributed by atoms with Crippen molar-refractivity contribution in [3.05, 3.63) is 29.8 Å². The van der Waals surface area contributed by atoms with Crippen molar-refractivity contribution in [2.45, 2.75) is 25.4 Å². The fraction of sp³-hybridized carbons (Fsp3) is 0.429. The average Bonchev–Trinajstić information content (AvgIpc) is 2.79. The molecule has 0 fully saturated rings. The Morgan fingerprint density at radius 3 is 2.74 bits per heavy atom. The van der Waals surface area contributed by atoms with Gasteiger partial charge in [0, 0.05) is 19.3 Å². The molecule has 2 rings (SSSR count). The van der Waals surface area contributed by atoms with Crippen molar-refractivity contribution in [2.24, 2.45) is 0 Å². The monoisotopic (exact) mass is 263 g/mol. The van der Waals surface area contributed by atoms with Gasteiger partial charge >= 0.3 is 5.97 Å². The molecule has 1 amide bonds. The number of amides is 1. The predicted octanol–water partition coefficient (Wildman–Crippen LogP) is 1.63. The van der Waals surface area contributed by atoms with Crippen LogP contribution in [0.1, 0.15) is 24.8 Å². The molecule has 0 aliphatic carbocycles. The minimum Gasteiger partial charge on any atom is -0.481 e. The fourth-order valence-corrected chi connectivity index (χ4v) is 2.44. The summed E-state index contributed by atoms with van der Waals surface area (Å²) in [5.74, 6) is -1.75. The lowest BCUT2D eigenvalue weighted by Gasteiger charge is -2.22. The first-order chi connectivity index (χ1) is 9.10. The van der Waals surface area contributed by atoms with Gasteiger partial charge in [-0.2, -0.15) is 0 Å². The minimum atomic E-state index is -0.909. The molecule has 0 aromatic heterocycles. The molecule has 0 radical (unpaired) electrons. The Kier molecular flexibility index (Phi) is 3.85. The molecule has 0 spiro atoms. The van der Waals surface area contributed by atoms with E-state index in [9.17, 15) is 14.7 Å². The quantitative estimate of drug-likeness (QED) is 0.896. The summed E-state index contributed by atoms with van der Waals surface area (Å²) in [4.78, 5) is 25.1. The lowest BCUT2D eigenvalue weighted by Crippen LogP contribution is -2.39. The summed E-state index contributed by atoms with van der Waals surface area (Å²) in [6.45, 7) is 2.04. The van der Waals surface area contributed by atoms with Crippen molar-refractivity contribution in [3.63, 3.8) is 0 Å². The maximum Gasteiger partial charge on any atom is 0.312 e. The second kappa shape index (κ2) is 5.40. The van der Waals surface area contributed by atoms with Crippen LogP contribution < -0.4 is 4.90 Å². The van der Waals surface area contributed by atoms with Crippen LogP contribution >= 0.6 is 0 Å². The molecular weight excluding hydrogens is 246 g/mol. The van der Waals surface area contributed by atoms with Crippen molar-refractivity contribution in [1.82, 2.24) is 0 Å². The first-order valence-corrected chi connectivity index (χ1v) is 6.26. The van der Waals surface area contributed by atoms with E-state index in [0.717, 1.165) is 0 Å². The van der Waals surface area contributed by atoms with Gasteiger partial charge in [0.25, 0.3) is 5.91 Å². The molecule has 1 N–H and O–H groups in total. The highest BCUT2D eigenvalue weighted by atomic mass is 16.5. The van der Waals surface area contributed by atoms with E-state index in [-0.39, 0.29) is 12.5 Å². The number of fused-ring (bicyclic) bond motifs is 1. The maximum absolute atomic E-state index is 12.3. The van der Waals surface area contributed by atoms with E-state index in [0.29, 0.717) is 17.7 Å². The summed E-state index contributed by atoms with van der Waals surface area (Å²) in [5.41, 5.74) is 1.37. The third kappa shape index (κ3) is 2.33. The van der Waals surface area contributed by atoms with Crippen LogP contribution in [-0.4, -0.2) is 36.7 Å². The van der Waals surface area contributed by atoms with Crippen LogP contribution in [-0.2, 0) is 14.3 Å². The van der Waals surface area contributed by atoms with E-state index < -0.39 is 18.0 Å². The van der Waals surface area contributed by atoms with Crippen molar-refractivity contribution >= 4 is 17.6 Å². The van der Waals surface area contributed by atoms with E-state index in [2.05, 4.69) is 0 Å². The number of hydrogen-bond donors (Lipinski definition) is 1. The Labute approximate surface area is 111 Å². The number of nitrogens with zero attached hydrogens (tertiary/aromatic N) is 1. The van der Waals surface area contributed by atoms with Crippen molar-refractivity contribution in [3.8, 4) is 0 Å². The summed E-state index contributed by atoms with van der Waals surface area (Å²) in [7, 11) is 1.49. The van der Waals surface area contributed by atoms with Crippen LogP contribution in [0.25, 0.3) is 0 Å². The minimum absolute atomic E-state index is 0.174. The van der Waals surface area contributed by atoms with Crippen LogP contribution in [0.15, 0.2) is 24.3 Å². The Balaban J connectivity index is 2.35. The Bertz CT molecular complexity index is 496. The number of anilines is 1. The lowest BCUT2D eigenvalue weighted by atomic mass is 10.0. The number of carboxylic acids is 1. The fourth-order valence-electron chi connectivity index (χ4n) is 2.44. The Morgan fingerprint density at radius 1 is 1.47 bits per heavy atom. The smallest absolute Gasteiger partial charge is 0.312 e. The number of para-hydroxylation sites is 1. The number of methoxy groups -OCH3 is 1. The number of carbonyl (C=O) groups excluding carboxylic acids is 1. The molecule has 102 valence electrons. The number of hydrogen-bond acceptors (Lipinski definition) is 3. The van der Waals surface area contributed by atoms with Gasteiger partial charge in [0.15, 0.2) is 0 Å². The molecule has 19 heavy (non-hydrogen) atoms. The first kappa shape index (κ1) is 13.5. The van der Waals surface area contributed by atoms with Gasteiger partial charge in [-0.1, -0.05) is 25.1 Å². The third-order valence-electron chi connectivity index (χ3n) is 3.46. The molecule has 1 aliphatic heterocycles. The summed E-state index contributed by atoms with van der Waals surface area (Å²) < 4.78 is 5.15. The first-order valence-electron chi connectivity index (χ1n) is 6.26. The van der Waals surface area contributed by atoms with E-state index in [1.807, 2.05) is 6.92 Å². The maximum atomic E-state index is 12.3. The second-order valence-corrected chi connectivity index (χ2v) is 4.53. The molecule has 1 aliphatic rings. The summed E-state index contributed by atoms with van der Waals surface area (Å²) in [6.07, 6.45) is 0.0340. The van der Waals surface area contributed by atoms with Gasteiger partial charge in [-0.25, -0.2) is 0 Å². The predicted molar refractivity (Wildman–Crippen MR) is 70.3 cm³/mol. The van der Waals surface area contributed by atoms with E-state index in [1.54, 1.807) is 24.3 Å². The topological polar surface area (TPSA) is 66.8 Å². The van der Waals surface area contributed by atoms with Gasteiger partial charge in [-0.15, -0.1) is 0 Å². The zero-order chi connectivity index (χ0) is 14.0. The second-order valence-electron chi connectivity index (χ2n) is 4.53. The largest absolute Gasteiger partial charge is 0.481 e. The van der Waals surface area contributed by atoms with Crippen LogP contribution in [0.2, 0.25) is 0 Å². The normalized spacial score (nSPS) is 19.1. The van der Waals surface area contributed by atoms with Gasteiger partial charge in [-0.05, 0) is 18.1 Å². The van der Waals surface area contributed by atoms with Gasteiger partial charge in [0.05, 0.1) is 0 Å². The molecular formula is C14H17NO4. The van der Waals surface area contributed by atoms with Crippen molar-refractivity contribution in [2.75, 3.05) is 18.6 Å². The van der Waals surface area contributed by atoms with Crippen LogP contribution in [0.3, 0.4) is 0 Å². The molecule has 1 aromatic rings. The number of ether oxygens (including phenoxy) is 1. The van der Waals surface area contributed by atoms with Crippen LogP contribution in [0.5, 0.6) is 0 Å². The van der Waals surface area contributed by atoms with Crippen LogP contribution in [0.4, 0.5) is 5.69 Å². The molecule has 5 nitrogen and oxygen atoms in total. The number of carboxylic acid groups (broad SMARTS) is 1. The summed E-state index contributed by atoms with van der Waals surface area (Å²) >= 11 is 0. The Morgan fingerprint density at radius 2 is 2.16 bits per heavy atom. The Hall–Kier alpha value is -1.88.